The van der Waals surface area contributed by atoms with Crippen LogP contribution < -0.4 is 5.32 Å². The molecule has 1 fully saturated rings. The molecule has 2 aliphatic rings. The highest BCUT2D eigenvalue weighted by Crippen LogP contribution is 2.39. The third kappa shape index (κ3) is 3.97. The van der Waals surface area contributed by atoms with E-state index in [9.17, 15) is 10.1 Å². The van der Waals surface area contributed by atoms with Gasteiger partial charge in [-0.05, 0) is 37.7 Å². The molecule has 0 bridgehead atoms. The quantitative estimate of drug-likeness (QED) is 0.909. The number of ether oxygens (including phenoxy) is 1. The minimum Gasteiger partial charge on any atom is -0.376 e. The van der Waals surface area contributed by atoms with Crippen LogP contribution >= 0.6 is 11.3 Å². The van der Waals surface area contributed by atoms with Crippen LogP contribution in [0.15, 0.2) is 0 Å². The summed E-state index contributed by atoms with van der Waals surface area (Å²) in [5.74, 6) is 0.659. The number of thiophene rings is 1. The van der Waals surface area contributed by atoms with Crippen molar-refractivity contribution in [2.24, 2.45) is 5.92 Å². The normalized spacial score (nSPS) is 24.2. The molecule has 2 heterocycles. The smallest absolute Gasteiger partial charge is 0.226 e. The summed E-state index contributed by atoms with van der Waals surface area (Å²) < 4.78 is 5.52. The lowest BCUT2D eigenvalue weighted by Crippen LogP contribution is -2.42. The molecule has 1 aromatic heterocycles. The van der Waals surface area contributed by atoms with E-state index >= 15 is 0 Å². The number of nitriles is 1. The summed E-state index contributed by atoms with van der Waals surface area (Å²) in [5, 5.41) is 13.2. The molecule has 1 saturated heterocycles. The number of hydrogen-bond acceptors (Lipinski definition) is 5. The number of amides is 1. The number of carbonyl (C=O) groups excluding carboxylic acids is 1. The Balaban J connectivity index is 1.59. The van der Waals surface area contributed by atoms with E-state index in [2.05, 4.69) is 30.1 Å². The van der Waals surface area contributed by atoms with E-state index in [-0.39, 0.29) is 12.0 Å². The number of carbonyl (C=O) groups is 1. The van der Waals surface area contributed by atoms with Crippen LogP contribution in [0, 0.1) is 17.2 Å². The average Bonchev–Trinajstić information content (AvgIpc) is 2.89. The first-order chi connectivity index (χ1) is 11.6. The van der Waals surface area contributed by atoms with Crippen LogP contribution in [0.3, 0.4) is 0 Å². The summed E-state index contributed by atoms with van der Waals surface area (Å²) in [6.07, 6.45) is 3.80. The number of morpholine rings is 1. The average molecular weight is 347 g/mol. The Hall–Kier alpha value is -1.42. The van der Waals surface area contributed by atoms with Gasteiger partial charge in [0.15, 0.2) is 0 Å². The number of fused-ring (bicyclic) bond motifs is 1. The highest BCUT2D eigenvalue weighted by atomic mass is 32.1. The molecule has 1 N–H and O–H groups in total. The Morgan fingerprint density at radius 3 is 3.08 bits per heavy atom. The van der Waals surface area contributed by atoms with Crippen molar-refractivity contribution in [2.75, 3.05) is 31.6 Å². The van der Waals surface area contributed by atoms with Gasteiger partial charge in [0.1, 0.15) is 11.1 Å². The van der Waals surface area contributed by atoms with E-state index in [1.807, 2.05) is 0 Å². The molecule has 6 heteroatoms. The minimum absolute atomic E-state index is 0.00251. The van der Waals surface area contributed by atoms with Gasteiger partial charge >= 0.3 is 0 Å². The van der Waals surface area contributed by atoms with Crippen LogP contribution in [0.5, 0.6) is 0 Å². The lowest BCUT2D eigenvalue weighted by atomic mass is 9.89. The maximum absolute atomic E-state index is 12.3. The molecule has 1 aliphatic heterocycles. The Morgan fingerprint density at radius 1 is 1.50 bits per heavy atom. The Kier molecular flexibility index (Phi) is 5.54. The van der Waals surface area contributed by atoms with Crippen LogP contribution in [-0.4, -0.2) is 43.2 Å². The van der Waals surface area contributed by atoms with Crippen LogP contribution in [0.2, 0.25) is 0 Å². The summed E-state index contributed by atoms with van der Waals surface area (Å²) in [6, 6.07) is 2.30. The molecule has 130 valence electrons. The largest absolute Gasteiger partial charge is 0.376 e. The zero-order valence-electron chi connectivity index (χ0n) is 14.4. The standard InChI is InChI=1S/C18H25N3O2S/c1-12-3-4-14-15(10-19)18(24-16(14)9-12)20-17(22)5-6-21-7-8-23-13(2)11-21/h12-13H,3-9,11H2,1-2H3,(H,20,22)/t12-,13-/m1/s1. The molecular formula is C18H25N3O2S. The number of hydrogen-bond donors (Lipinski definition) is 1. The van der Waals surface area contributed by atoms with Crippen molar-refractivity contribution >= 4 is 22.2 Å². The molecule has 0 radical (unpaired) electrons. The minimum atomic E-state index is -0.00251. The van der Waals surface area contributed by atoms with Crippen LogP contribution in [0.25, 0.3) is 0 Å². The Morgan fingerprint density at radius 2 is 2.33 bits per heavy atom. The lowest BCUT2D eigenvalue weighted by molar-refractivity contribution is -0.117. The van der Waals surface area contributed by atoms with Gasteiger partial charge in [0.05, 0.1) is 18.3 Å². The third-order valence-corrected chi connectivity index (χ3v) is 6.03. The lowest BCUT2D eigenvalue weighted by Gasteiger charge is -2.30. The van der Waals surface area contributed by atoms with Crippen molar-refractivity contribution in [3.05, 3.63) is 16.0 Å². The van der Waals surface area contributed by atoms with Gasteiger partial charge in [-0.2, -0.15) is 5.26 Å². The third-order valence-electron chi connectivity index (χ3n) is 4.86. The first kappa shape index (κ1) is 17.4. The maximum atomic E-state index is 12.3. The summed E-state index contributed by atoms with van der Waals surface area (Å²) in [7, 11) is 0. The van der Waals surface area contributed by atoms with Gasteiger partial charge < -0.3 is 10.1 Å². The highest BCUT2D eigenvalue weighted by molar-refractivity contribution is 7.16. The van der Waals surface area contributed by atoms with Gasteiger partial charge in [-0.15, -0.1) is 11.3 Å². The number of nitrogens with one attached hydrogen (secondary N) is 1. The van der Waals surface area contributed by atoms with Crippen molar-refractivity contribution < 1.29 is 9.53 Å². The van der Waals surface area contributed by atoms with Crippen molar-refractivity contribution in [3.8, 4) is 6.07 Å². The first-order valence-electron chi connectivity index (χ1n) is 8.75. The van der Waals surface area contributed by atoms with Crippen molar-refractivity contribution in [1.82, 2.24) is 4.90 Å². The van der Waals surface area contributed by atoms with Gasteiger partial charge in [-0.1, -0.05) is 6.92 Å². The van der Waals surface area contributed by atoms with Crippen LogP contribution in [0.4, 0.5) is 5.00 Å². The molecular weight excluding hydrogens is 322 g/mol. The van der Waals surface area contributed by atoms with Crippen molar-refractivity contribution in [3.63, 3.8) is 0 Å². The predicted octanol–water partition coefficient (Wildman–Crippen LogP) is 2.79. The molecule has 24 heavy (non-hydrogen) atoms. The zero-order valence-corrected chi connectivity index (χ0v) is 15.2. The number of rotatable bonds is 4. The summed E-state index contributed by atoms with van der Waals surface area (Å²) in [4.78, 5) is 15.9. The second-order valence-corrected chi connectivity index (χ2v) is 8.05. The van der Waals surface area contributed by atoms with E-state index in [1.165, 1.54) is 4.88 Å². The van der Waals surface area contributed by atoms with Gasteiger partial charge in [-0.25, -0.2) is 0 Å². The molecule has 0 unspecified atom stereocenters. The fraction of sp³-hybridized carbons (Fsp3) is 0.667. The van der Waals surface area contributed by atoms with E-state index in [0.717, 1.165) is 56.1 Å². The molecule has 0 saturated carbocycles. The number of anilines is 1. The molecule has 3 rings (SSSR count). The summed E-state index contributed by atoms with van der Waals surface area (Å²) in [6.45, 7) is 7.54. The SMILES string of the molecule is C[C@@H]1CCc2c(sc(NC(=O)CCN3CCO[C@H](C)C3)c2C#N)C1. The molecule has 1 aliphatic carbocycles. The van der Waals surface area contributed by atoms with Crippen molar-refractivity contribution in [2.45, 2.75) is 45.6 Å². The molecule has 0 aromatic carbocycles. The molecule has 1 amide bonds. The first-order valence-corrected chi connectivity index (χ1v) is 9.57. The Labute approximate surface area is 147 Å². The molecule has 5 nitrogen and oxygen atoms in total. The fourth-order valence-electron chi connectivity index (χ4n) is 3.50. The maximum Gasteiger partial charge on any atom is 0.226 e. The van der Waals surface area contributed by atoms with E-state index in [0.29, 0.717) is 17.9 Å². The van der Waals surface area contributed by atoms with Crippen molar-refractivity contribution in [1.29, 1.82) is 5.26 Å². The Bertz CT molecular complexity index is 649. The second-order valence-electron chi connectivity index (χ2n) is 6.95. The van der Waals surface area contributed by atoms with E-state index in [4.69, 9.17) is 4.74 Å². The van der Waals surface area contributed by atoms with E-state index in [1.54, 1.807) is 11.3 Å². The molecule has 0 spiro atoms. The van der Waals surface area contributed by atoms with Crippen LogP contribution in [-0.2, 0) is 22.4 Å². The van der Waals surface area contributed by atoms with E-state index < -0.39 is 0 Å². The molecule has 2 atom stereocenters. The summed E-state index contributed by atoms with van der Waals surface area (Å²) in [5.41, 5.74) is 1.85. The van der Waals surface area contributed by atoms with Gasteiger partial charge in [0, 0.05) is 30.9 Å². The monoisotopic (exact) mass is 347 g/mol. The van der Waals surface area contributed by atoms with Crippen LogP contribution in [0.1, 0.15) is 42.7 Å². The van der Waals surface area contributed by atoms with Gasteiger partial charge in [0.25, 0.3) is 0 Å². The number of nitrogens with zero attached hydrogens (tertiary/aromatic N) is 2. The molecule has 1 aromatic rings. The fourth-order valence-corrected chi connectivity index (χ4v) is 4.88. The predicted molar refractivity (Wildman–Crippen MR) is 95.3 cm³/mol. The van der Waals surface area contributed by atoms with Gasteiger partial charge in [-0.3, -0.25) is 9.69 Å². The highest BCUT2D eigenvalue weighted by Gasteiger charge is 2.25. The summed E-state index contributed by atoms with van der Waals surface area (Å²) >= 11 is 1.59. The topological polar surface area (TPSA) is 65.4 Å². The van der Waals surface area contributed by atoms with Gasteiger partial charge in [0.2, 0.25) is 5.91 Å². The zero-order chi connectivity index (χ0) is 17.1. The second kappa shape index (κ2) is 7.64.